The fraction of sp³-hybridized carbons (Fsp3) is 0.680. The van der Waals surface area contributed by atoms with Crippen molar-refractivity contribution in [1.29, 1.82) is 0 Å². The molecule has 1 saturated carbocycles. The predicted molar refractivity (Wildman–Crippen MR) is 130 cm³/mol. The van der Waals surface area contributed by atoms with E-state index in [1.54, 1.807) is 6.20 Å². The summed E-state index contributed by atoms with van der Waals surface area (Å²) in [4.78, 5) is 32.3. The smallest absolute Gasteiger partial charge is 0.255 e. The lowest BCUT2D eigenvalue weighted by Gasteiger charge is -2.32. The molecule has 0 radical (unpaired) electrons. The van der Waals surface area contributed by atoms with Crippen molar-refractivity contribution < 1.29 is 9.59 Å². The number of piperidine rings is 1. The summed E-state index contributed by atoms with van der Waals surface area (Å²) in [6.45, 7) is 8.60. The third-order valence-corrected chi connectivity index (χ3v) is 6.90. The Morgan fingerprint density at radius 1 is 1.06 bits per heavy atom. The number of fused-ring (bicyclic) bond motifs is 1. The predicted octanol–water partition coefficient (Wildman–Crippen LogP) is 3.96. The number of hydrogen-bond acceptors (Lipinski definition) is 5. The molecule has 0 unspecified atom stereocenters. The number of amides is 2. The van der Waals surface area contributed by atoms with Crippen LogP contribution < -0.4 is 10.6 Å². The molecule has 2 aromatic heterocycles. The van der Waals surface area contributed by atoms with Crippen molar-refractivity contribution in [2.75, 3.05) is 18.4 Å². The monoisotopic (exact) mass is 454 g/mol. The van der Waals surface area contributed by atoms with Crippen molar-refractivity contribution in [2.45, 2.75) is 90.8 Å². The van der Waals surface area contributed by atoms with Gasteiger partial charge in [-0.2, -0.15) is 5.10 Å². The van der Waals surface area contributed by atoms with Gasteiger partial charge in [0.25, 0.3) is 5.91 Å². The van der Waals surface area contributed by atoms with Crippen LogP contribution in [0.3, 0.4) is 0 Å². The second-order valence-electron chi connectivity index (χ2n) is 9.51. The van der Waals surface area contributed by atoms with E-state index in [1.165, 1.54) is 0 Å². The highest BCUT2D eigenvalue weighted by molar-refractivity contribution is 6.06. The Bertz CT molecular complexity index is 969. The van der Waals surface area contributed by atoms with Gasteiger partial charge in [0.1, 0.15) is 0 Å². The summed E-state index contributed by atoms with van der Waals surface area (Å²) in [6.07, 6.45) is 11.4. The first-order valence-corrected chi connectivity index (χ1v) is 12.8. The van der Waals surface area contributed by atoms with E-state index in [0.29, 0.717) is 17.5 Å². The molecule has 33 heavy (non-hydrogen) atoms. The molecule has 0 atom stereocenters. The molecule has 2 aliphatic rings. The Labute approximate surface area is 196 Å². The molecule has 0 bridgehead atoms. The average molecular weight is 455 g/mol. The maximum absolute atomic E-state index is 13.4. The van der Waals surface area contributed by atoms with Gasteiger partial charge in [0.15, 0.2) is 5.65 Å². The second kappa shape index (κ2) is 10.5. The molecule has 2 fully saturated rings. The number of aryl methyl sites for hydroxylation is 1. The van der Waals surface area contributed by atoms with Gasteiger partial charge in [-0.25, -0.2) is 9.67 Å². The van der Waals surface area contributed by atoms with Crippen LogP contribution in [0.15, 0.2) is 12.4 Å². The molecule has 2 amide bonds. The summed E-state index contributed by atoms with van der Waals surface area (Å²) in [5, 5.41) is 12.3. The fourth-order valence-corrected chi connectivity index (χ4v) is 4.87. The molecule has 8 nitrogen and oxygen atoms in total. The van der Waals surface area contributed by atoms with E-state index in [4.69, 9.17) is 0 Å². The summed E-state index contributed by atoms with van der Waals surface area (Å²) in [5.41, 5.74) is 2.22. The molecule has 0 aromatic carbocycles. The summed E-state index contributed by atoms with van der Waals surface area (Å²) in [6, 6.07) is 0.378. The zero-order chi connectivity index (χ0) is 23.4. The maximum atomic E-state index is 13.4. The highest BCUT2D eigenvalue weighted by Gasteiger charge is 2.35. The number of carbonyl (C=O) groups is 2. The zero-order valence-electron chi connectivity index (χ0n) is 20.3. The third-order valence-electron chi connectivity index (χ3n) is 6.90. The van der Waals surface area contributed by atoms with Gasteiger partial charge in [-0.1, -0.05) is 26.7 Å². The Balaban J connectivity index is 1.51. The van der Waals surface area contributed by atoms with Crippen LogP contribution in [0.4, 0.5) is 5.69 Å². The number of nitrogens with zero attached hydrogens (tertiary/aromatic N) is 4. The van der Waals surface area contributed by atoms with Crippen LogP contribution in [0.2, 0.25) is 0 Å². The van der Waals surface area contributed by atoms with Crippen LogP contribution in [0.25, 0.3) is 11.0 Å². The number of nitrogens with one attached hydrogen (secondary N) is 2. The van der Waals surface area contributed by atoms with E-state index in [0.717, 1.165) is 87.7 Å². The van der Waals surface area contributed by atoms with Gasteiger partial charge >= 0.3 is 0 Å². The number of likely N-dealkylation sites (tertiary alicyclic amines) is 1. The van der Waals surface area contributed by atoms with Gasteiger partial charge in [-0.05, 0) is 45.4 Å². The highest BCUT2D eigenvalue weighted by Crippen LogP contribution is 2.32. The minimum Gasteiger partial charge on any atom is -0.381 e. The van der Waals surface area contributed by atoms with E-state index in [9.17, 15) is 9.59 Å². The highest BCUT2D eigenvalue weighted by atomic mass is 16.2. The number of pyridine rings is 1. The van der Waals surface area contributed by atoms with Crippen LogP contribution in [0.5, 0.6) is 0 Å². The molecule has 1 aliphatic heterocycles. The van der Waals surface area contributed by atoms with Crippen LogP contribution in [0, 0.1) is 5.92 Å². The zero-order valence-corrected chi connectivity index (χ0v) is 20.3. The summed E-state index contributed by atoms with van der Waals surface area (Å²) < 4.78 is 1.86. The van der Waals surface area contributed by atoms with E-state index >= 15 is 0 Å². The lowest BCUT2D eigenvalue weighted by atomic mass is 10.0. The minimum absolute atomic E-state index is 0.0738. The number of anilines is 1. The van der Waals surface area contributed by atoms with E-state index in [1.807, 2.05) is 22.7 Å². The first-order chi connectivity index (χ1) is 16.0. The molecule has 4 rings (SSSR count). The molecule has 180 valence electrons. The van der Waals surface area contributed by atoms with Crippen molar-refractivity contribution in [3.63, 3.8) is 0 Å². The fourth-order valence-electron chi connectivity index (χ4n) is 4.87. The Hall–Kier alpha value is -2.64. The molecule has 2 aromatic rings. The SMILES string of the molecule is CCCC(CCC)Nc1c(C(=O)NC2CCN(C(=O)C3CC3)CC2)cnc2c1cnn2CC. The molecule has 8 heteroatoms. The number of carbonyl (C=O) groups excluding carboxylic acids is 2. The second-order valence-corrected chi connectivity index (χ2v) is 9.51. The standard InChI is InChI=1S/C25H38N6O2/c1-4-7-18(8-5-2)28-22-20-16-27-31(6-3)23(20)26-15-21(22)24(32)29-19-11-13-30(14-12-19)25(33)17-9-10-17/h15-19H,4-14H2,1-3H3,(H,26,28)(H,29,32). The minimum atomic E-state index is -0.102. The first-order valence-electron chi connectivity index (χ1n) is 12.8. The van der Waals surface area contributed by atoms with Gasteiger partial charge in [-0.3, -0.25) is 9.59 Å². The molecule has 3 heterocycles. The Morgan fingerprint density at radius 2 is 1.76 bits per heavy atom. The van der Waals surface area contributed by atoms with Crippen molar-refractivity contribution in [2.24, 2.45) is 5.92 Å². The summed E-state index contributed by atoms with van der Waals surface area (Å²) in [5.74, 6) is 0.451. The Kier molecular flexibility index (Phi) is 7.50. The molecule has 2 N–H and O–H groups in total. The first kappa shape index (κ1) is 23.5. The molecule has 1 saturated heterocycles. The third kappa shape index (κ3) is 5.31. The van der Waals surface area contributed by atoms with Gasteiger partial charge in [0.2, 0.25) is 5.91 Å². The van der Waals surface area contributed by atoms with E-state index < -0.39 is 0 Å². The molecular formula is C25H38N6O2. The summed E-state index contributed by atoms with van der Waals surface area (Å²) >= 11 is 0. The van der Waals surface area contributed by atoms with Crippen LogP contribution in [0.1, 0.15) is 82.5 Å². The van der Waals surface area contributed by atoms with Crippen molar-refractivity contribution in [3.05, 3.63) is 18.0 Å². The van der Waals surface area contributed by atoms with Crippen molar-refractivity contribution in [3.8, 4) is 0 Å². The van der Waals surface area contributed by atoms with E-state index in [-0.39, 0.29) is 17.9 Å². The normalized spacial score (nSPS) is 17.0. The number of aromatic nitrogens is 3. The van der Waals surface area contributed by atoms with Gasteiger partial charge in [0.05, 0.1) is 22.8 Å². The lowest BCUT2D eigenvalue weighted by molar-refractivity contribution is -0.133. The number of hydrogen-bond donors (Lipinski definition) is 2. The molecule has 1 aliphatic carbocycles. The summed E-state index contributed by atoms with van der Waals surface area (Å²) in [7, 11) is 0. The van der Waals surface area contributed by atoms with Crippen LogP contribution in [-0.2, 0) is 11.3 Å². The topological polar surface area (TPSA) is 92.2 Å². The van der Waals surface area contributed by atoms with Crippen molar-refractivity contribution in [1.82, 2.24) is 25.0 Å². The van der Waals surface area contributed by atoms with E-state index in [2.05, 4.69) is 34.6 Å². The van der Waals surface area contributed by atoms with Gasteiger partial charge in [0, 0.05) is 43.8 Å². The largest absolute Gasteiger partial charge is 0.381 e. The van der Waals surface area contributed by atoms with Crippen LogP contribution >= 0.6 is 0 Å². The molecular weight excluding hydrogens is 416 g/mol. The number of rotatable bonds is 10. The van der Waals surface area contributed by atoms with Gasteiger partial charge < -0.3 is 15.5 Å². The lowest BCUT2D eigenvalue weighted by Crippen LogP contribution is -2.47. The quantitative estimate of drug-likeness (QED) is 0.567. The van der Waals surface area contributed by atoms with Crippen LogP contribution in [-0.4, -0.2) is 56.7 Å². The Morgan fingerprint density at radius 3 is 2.36 bits per heavy atom. The van der Waals surface area contributed by atoms with Crippen molar-refractivity contribution >= 4 is 28.5 Å². The molecule has 0 spiro atoms. The van der Waals surface area contributed by atoms with Gasteiger partial charge in [-0.15, -0.1) is 0 Å². The maximum Gasteiger partial charge on any atom is 0.255 e. The average Bonchev–Trinajstić information content (AvgIpc) is 3.58.